The number of unbranched alkanes of at least 4 members (excludes halogenated alkanes) is 1. The summed E-state index contributed by atoms with van der Waals surface area (Å²) in [4.78, 5) is 13.5. The summed E-state index contributed by atoms with van der Waals surface area (Å²) in [6.45, 7) is 3.51. The number of ketones is 1. The van der Waals surface area contributed by atoms with Crippen molar-refractivity contribution in [1.29, 1.82) is 0 Å². The van der Waals surface area contributed by atoms with E-state index in [4.69, 9.17) is 21.1 Å². The van der Waals surface area contributed by atoms with Gasteiger partial charge in [-0.2, -0.15) is 0 Å². The zero-order valence-corrected chi connectivity index (χ0v) is 13.2. The van der Waals surface area contributed by atoms with Crippen LogP contribution in [0.25, 0.3) is 0 Å². The Morgan fingerprint density at radius 3 is 2.67 bits per heavy atom. The number of carbonyl (C=O) groups excluding carboxylic acids is 1. The van der Waals surface area contributed by atoms with Crippen LogP contribution >= 0.6 is 11.6 Å². The first-order valence-electron chi connectivity index (χ1n) is 7.39. The van der Waals surface area contributed by atoms with Gasteiger partial charge in [0.1, 0.15) is 5.78 Å². The third-order valence-electron chi connectivity index (χ3n) is 3.67. The van der Waals surface area contributed by atoms with Crippen LogP contribution in [0.3, 0.4) is 0 Å². The van der Waals surface area contributed by atoms with Crippen LogP contribution in [0, 0.1) is 0 Å². The number of ether oxygens (including phenoxy) is 2. The van der Waals surface area contributed by atoms with E-state index in [2.05, 4.69) is 4.90 Å². The largest absolute Gasteiger partial charge is 0.493 e. The van der Waals surface area contributed by atoms with E-state index >= 15 is 0 Å². The second-order valence-corrected chi connectivity index (χ2v) is 5.67. The molecule has 0 spiro atoms. The first-order chi connectivity index (χ1) is 10.2. The van der Waals surface area contributed by atoms with Crippen molar-refractivity contribution < 1.29 is 14.3 Å². The summed E-state index contributed by atoms with van der Waals surface area (Å²) in [6, 6.07) is 5.38. The van der Waals surface area contributed by atoms with Crippen molar-refractivity contribution in [3.05, 3.63) is 23.2 Å². The van der Waals surface area contributed by atoms with Crippen molar-refractivity contribution in [3.8, 4) is 11.5 Å². The van der Waals surface area contributed by atoms with Crippen molar-refractivity contribution >= 4 is 17.4 Å². The third-order valence-corrected chi connectivity index (χ3v) is 3.90. The molecule has 0 N–H and O–H groups in total. The van der Waals surface area contributed by atoms with E-state index in [0.717, 1.165) is 38.2 Å². The van der Waals surface area contributed by atoms with Gasteiger partial charge < -0.3 is 14.4 Å². The average Bonchev–Trinajstić information content (AvgIpc) is 2.50. The zero-order chi connectivity index (χ0) is 15.1. The minimum absolute atomic E-state index is 0.393. The van der Waals surface area contributed by atoms with Gasteiger partial charge in [0.15, 0.2) is 11.5 Å². The second-order valence-electron chi connectivity index (χ2n) is 5.23. The molecule has 1 aliphatic heterocycles. The lowest BCUT2D eigenvalue weighted by Crippen LogP contribution is -2.34. The molecular formula is C16H22ClNO3. The molecular weight excluding hydrogens is 290 g/mol. The molecule has 5 heteroatoms. The zero-order valence-electron chi connectivity index (χ0n) is 12.4. The van der Waals surface area contributed by atoms with Gasteiger partial charge in [-0.25, -0.2) is 0 Å². The van der Waals surface area contributed by atoms with Crippen LogP contribution in [0.5, 0.6) is 11.5 Å². The summed E-state index contributed by atoms with van der Waals surface area (Å²) in [7, 11) is 1.61. The molecule has 0 aromatic heterocycles. The van der Waals surface area contributed by atoms with Crippen LogP contribution in [0.15, 0.2) is 18.2 Å². The van der Waals surface area contributed by atoms with Gasteiger partial charge in [0.2, 0.25) is 0 Å². The van der Waals surface area contributed by atoms with Crippen molar-refractivity contribution in [1.82, 2.24) is 4.90 Å². The molecule has 0 saturated carbocycles. The molecule has 1 aliphatic rings. The number of likely N-dealkylation sites (tertiary alicyclic amines) is 1. The average molecular weight is 312 g/mol. The third kappa shape index (κ3) is 5.21. The summed E-state index contributed by atoms with van der Waals surface area (Å²) in [5.74, 6) is 1.78. The normalized spacial score (nSPS) is 16.0. The first-order valence-corrected chi connectivity index (χ1v) is 7.77. The summed E-state index contributed by atoms with van der Waals surface area (Å²) >= 11 is 5.91. The van der Waals surface area contributed by atoms with Gasteiger partial charge in [-0.15, -0.1) is 0 Å². The molecule has 1 fully saturated rings. The van der Waals surface area contributed by atoms with Crippen LogP contribution in [0.4, 0.5) is 0 Å². The maximum Gasteiger partial charge on any atom is 0.162 e. The number of hydrogen-bond donors (Lipinski definition) is 0. The van der Waals surface area contributed by atoms with Crippen molar-refractivity contribution in [3.63, 3.8) is 0 Å². The van der Waals surface area contributed by atoms with Crippen LogP contribution < -0.4 is 9.47 Å². The van der Waals surface area contributed by atoms with E-state index in [9.17, 15) is 4.79 Å². The number of hydrogen-bond acceptors (Lipinski definition) is 4. The molecule has 0 amide bonds. The molecule has 21 heavy (non-hydrogen) atoms. The standard InChI is InChI=1S/C16H22ClNO3/c1-20-16-12-13(17)4-5-15(16)21-11-3-2-8-18-9-6-14(19)7-10-18/h4-5,12H,2-3,6-11H2,1H3. The number of halogens is 1. The first kappa shape index (κ1) is 16.1. The Hall–Kier alpha value is -1.26. The van der Waals surface area contributed by atoms with Gasteiger partial charge >= 0.3 is 0 Å². The monoisotopic (exact) mass is 311 g/mol. The minimum atomic E-state index is 0.393. The highest BCUT2D eigenvalue weighted by Gasteiger charge is 2.15. The number of carbonyl (C=O) groups is 1. The van der Waals surface area contributed by atoms with Crippen molar-refractivity contribution in [2.75, 3.05) is 33.4 Å². The predicted octanol–water partition coefficient (Wildman–Crippen LogP) is 3.17. The van der Waals surface area contributed by atoms with E-state index in [1.54, 1.807) is 19.2 Å². The molecule has 1 heterocycles. The molecule has 0 atom stereocenters. The summed E-state index contributed by atoms with van der Waals surface area (Å²) < 4.78 is 11.0. The summed E-state index contributed by atoms with van der Waals surface area (Å²) in [5.41, 5.74) is 0. The molecule has 2 rings (SSSR count). The van der Waals surface area contributed by atoms with E-state index in [1.165, 1.54) is 0 Å². The molecule has 1 aromatic carbocycles. The number of benzene rings is 1. The lowest BCUT2D eigenvalue weighted by atomic mass is 10.1. The SMILES string of the molecule is COc1cc(Cl)ccc1OCCCCN1CCC(=O)CC1. The van der Waals surface area contributed by atoms with Gasteiger partial charge in [0.25, 0.3) is 0 Å². The number of nitrogens with zero attached hydrogens (tertiary/aromatic N) is 1. The highest BCUT2D eigenvalue weighted by Crippen LogP contribution is 2.30. The lowest BCUT2D eigenvalue weighted by molar-refractivity contribution is -0.121. The van der Waals surface area contributed by atoms with E-state index in [1.807, 2.05) is 6.07 Å². The van der Waals surface area contributed by atoms with Gasteiger partial charge in [0.05, 0.1) is 13.7 Å². The highest BCUT2D eigenvalue weighted by molar-refractivity contribution is 6.30. The number of Topliss-reactive ketones (excluding diaryl/α,β-unsaturated/α-hetero) is 1. The number of piperidine rings is 1. The quantitative estimate of drug-likeness (QED) is 0.725. The number of rotatable bonds is 7. The second kappa shape index (κ2) is 8.25. The fourth-order valence-electron chi connectivity index (χ4n) is 2.41. The molecule has 0 unspecified atom stereocenters. The van der Waals surface area contributed by atoms with Crippen LogP contribution in [0.1, 0.15) is 25.7 Å². The number of methoxy groups -OCH3 is 1. The summed E-state index contributed by atoms with van der Waals surface area (Å²) in [6.07, 6.45) is 3.47. The molecule has 0 aliphatic carbocycles. The maximum absolute atomic E-state index is 11.2. The minimum Gasteiger partial charge on any atom is -0.493 e. The Morgan fingerprint density at radius 2 is 1.95 bits per heavy atom. The van der Waals surface area contributed by atoms with Crippen LogP contribution in [-0.2, 0) is 4.79 Å². The molecule has 4 nitrogen and oxygen atoms in total. The van der Waals surface area contributed by atoms with E-state index in [-0.39, 0.29) is 0 Å². The van der Waals surface area contributed by atoms with Gasteiger partial charge in [-0.05, 0) is 31.5 Å². The van der Waals surface area contributed by atoms with Crippen molar-refractivity contribution in [2.45, 2.75) is 25.7 Å². The predicted molar refractivity (Wildman–Crippen MR) is 83.4 cm³/mol. The fraction of sp³-hybridized carbons (Fsp3) is 0.562. The Balaban J connectivity index is 1.64. The van der Waals surface area contributed by atoms with Gasteiger partial charge in [0, 0.05) is 37.0 Å². The van der Waals surface area contributed by atoms with Gasteiger partial charge in [-0.1, -0.05) is 11.6 Å². The smallest absolute Gasteiger partial charge is 0.162 e. The van der Waals surface area contributed by atoms with Gasteiger partial charge in [-0.3, -0.25) is 4.79 Å². The molecule has 1 aromatic rings. The fourth-order valence-corrected chi connectivity index (χ4v) is 2.57. The van der Waals surface area contributed by atoms with E-state index < -0.39 is 0 Å². The topological polar surface area (TPSA) is 38.8 Å². The molecule has 0 bridgehead atoms. The van der Waals surface area contributed by atoms with E-state index in [0.29, 0.717) is 36.0 Å². The lowest BCUT2D eigenvalue weighted by Gasteiger charge is -2.25. The maximum atomic E-state index is 11.2. The molecule has 1 saturated heterocycles. The van der Waals surface area contributed by atoms with Crippen molar-refractivity contribution in [2.24, 2.45) is 0 Å². The van der Waals surface area contributed by atoms with Crippen LogP contribution in [0.2, 0.25) is 5.02 Å². The highest BCUT2D eigenvalue weighted by atomic mass is 35.5. The Morgan fingerprint density at radius 1 is 1.19 bits per heavy atom. The Bertz CT molecular complexity index is 469. The molecule has 0 radical (unpaired) electrons. The Labute approximate surface area is 131 Å². The Kier molecular flexibility index (Phi) is 6.33. The molecule has 116 valence electrons. The van der Waals surface area contributed by atoms with Crippen LogP contribution in [-0.4, -0.2) is 44.0 Å². The summed E-state index contributed by atoms with van der Waals surface area (Å²) in [5, 5.41) is 0.638.